The first-order valence-electron chi connectivity index (χ1n) is 12.5. The summed E-state index contributed by atoms with van der Waals surface area (Å²) in [6.45, 7) is 3.53. The van der Waals surface area contributed by atoms with E-state index in [0.29, 0.717) is 23.4 Å². The molecule has 1 heterocycles. The molecular weight excluding hydrogens is 503 g/mol. The maximum atomic E-state index is 11.8. The van der Waals surface area contributed by atoms with Crippen LogP contribution in [0.4, 0.5) is 0 Å². The van der Waals surface area contributed by atoms with Gasteiger partial charge in [0.05, 0.1) is 10.6 Å². The number of piperidine rings is 1. The van der Waals surface area contributed by atoms with Crippen molar-refractivity contribution in [2.75, 3.05) is 33.7 Å². The van der Waals surface area contributed by atoms with E-state index in [-0.39, 0.29) is 30.7 Å². The zero-order valence-corrected chi connectivity index (χ0v) is 23.4. The van der Waals surface area contributed by atoms with Crippen LogP contribution in [0.5, 0.6) is 5.75 Å². The third-order valence-corrected chi connectivity index (χ3v) is 7.91. The smallest absolute Gasteiger partial charge is 0.138 e. The average Bonchev–Trinajstić information content (AvgIpc) is 2.83. The van der Waals surface area contributed by atoms with E-state index in [4.69, 9.17) is 16.3 Å². The predicted molar refractivity (Wildman–Crippen MR) is 151 cm³/mol. The number of halogens is 3. The van der Waals surface area contributed by atoms with Crippen LogP contribution in [0.25, 0.3) is 0 Å². The number of nitrogens with zero attached hydrogens (tertiary/aromatic N) is 2. The van der Waals surface area contributed by atoms with Crippen LogP contribution in [0.3, 0.4) is 0 Å². The second-order valence-electron chi connectivity index (χ2n) is 10.2. The van der Waals surface area contributed by atoms with Gasteiger partial charge in [-0.15, -0.1) is 24.8 Å². The van der Waals surface area contributed by atoms with Crippen LogP contribution in [-0.4, -0.2) is 60.3 Å². The molecule has 1 N–H and O–H groups in total. The lowest BCUT2D eigenvalue weighted by molar-refractivity contribution is -0.0344. The molecule has 196 valence electrons. The molecule has 0 amide bonds. The molecule has 2 aromatic carbocycles. The summed E-state index contributed by atoms with van der Waals surface area (Å²) in [5, 5.41) is 12.4. The lowest BCUT2D eigenvalue weighted by Gasteiger charge is -2.44. The molecule has 0 spiro atoms. The monoisotopic (exact) mass is 542 g/mol. The molecule has 4 nitrogen and oxygen atoms in total. The summed E-state index contributed by atoms with van der Waals surface area (Å²) in [5.74, 6) is 0.753. The van der Waals surface area contributed by atoms with Gasteiger partial charge in [0.2, 0.25) is 0 Å². The van der Waals surface area contributed by atoms with Crippen LogP contribution in [-0.2, 0) is 6.61 Å². The second-order valence-corrected chi connectivity index (χ2v) is 10.6. The SMILES string of the molecule is CN(C)[C@@H]1CCCN(CC(c2ccc(OCc3ccccc3)c(Cl)c2)C2(O)CCCCC2)C1.Cl.Cl. The van der Waals surface area contributed by atoms with Crippen molar-refractivity contribution in [3.05, 3.63) is 64.7 Å². The van der Waals surface area contributed by atoms with Gasteiger partial charge in [-0.25, -0.2) is 0 Å². The molecule has 7 heteroatoms. The number of likely N-dealkylation sites (tertiary alicyclic amines) is 1. The number of benzene rings is 2. The fraction of sp³-hybridized carbons (Fsp3) is 0.571. The van der Waals surface area contributed by atoms with Crippen molar-refractivity contribution in [3.8, 4) is 5.75 Å². The van der Waals surface area contributed by atoms with Crippen LogP contribution in [0.15, 0.2) is 48.5 Å². The van der Waals surface area contributed by atoms with Crippen LogP contribution in [0.2, 0.25) is 5.02 Å². The number of likely N-dealkylation sites (N-methyl/N-ethyl adjacent to an activating group) is 1. The Morgan fingerprint density at radius 2 is 1.77 bits per heavy atom. The Labute approximate surface area is 228 Å². The predicted octanol–water partition coefficient (Wildman–Crippen LogP) is 6.57. The van der Waals surface area contributed by atoms with Gasteiger partial charge in [0.15, 0.2) is 0 Å². The van der Waals surface area contributed by atoms with Crippen LogP contribution in [0, 0.1) is 0 Å². The van der Waals surface area contributed by atoms with Gasteiger partial charge in [0, 0.05) is 25.0 Å². The molecule has 35 heavy (non-hydrogen) atoms. The molecule has 2 aliphatic rings. The van der Waals surface area contributed by atoms with E-state index in [1.807, 2.05) is 30.3 Å². The first-order chi connectivity index (χ1) is 15.9. The average molecular weight is 544 g/mol. The zero-order valence-electron chi connectivity index (χ0n) is 21.0. The Balaban J connectivity index is 0.00000216. The number of hydrogen-bond acceptors (Lipinski definition) is 4. The summed E-state index contributed by atoms with van der Waals surface area (Å²) in [4.78, 5) is 4.89. The van der Waals surface area contributed by atoms with Gasteiger partial charge in [0.25, 0.3) is 0 Å². The maximum Gasteiger partial charge on any atom is 0.138 e. The van der Waals surface area contributed by atoms with Gasteiger partial charge < -0.3 is 19.6 Å². The Morgan fingerprint density at radius 1 is 1.06 bits per heavy atom. The molecule has 0 radical (unpaired) electrons. The third-order valence-electron chi connectivity index (χ3n) is 7.62. The molecule has 2 fully saturated rings. The molecule has 4 rings (SSSR count). The van der Waals surface area contributed by atoms with Crippen LogP contribution < -0.4 is 4.74 Å². The molecule has 1 aliphatic heterocycles. The third kappa shape index (κ3) is 7.99. The molecule has 2 aromatic rings. The Morgan fingerprint density at radius 3 is 2.43 bits per heavy atom. The van der Waals surface area contributed by atoms with E-state index in [2.05, 4.69) is 42.1 Å². The van der Waals surface area contributed by atoms with E-state index in [0.717, 1.165) is 56.4 Å². The van der Waals surface area contributed by atoms with E-state index in [9.17, 15) is 5.11 Å². The highest BCUT2D eigenvalue weighted by molar-refractivity contribution is 6.32. The highest BCUT2D eigenvalue weighted by atomic mass is 35.5. The van der Waals surface area contributed by atoms with Crippen molar-refractivity contribution in [1.82, 2.24) is 9.80 Å². The molecule has 0 aromatic heterocycles. The van der Waals surface area contributed by atoms with E-state index in [1.165, 1.54) is 19.3 Å². The van der Waals surface area contributed by atoms with Crippen LogP contribution >= 0.6 is 36.4 Å². The Hall–Kier alpha value is -1.01. The number of hydrogen-bond donors (Lipinski definition) is 1. The first kappa shape index (κ1) is 30.2. The Kier molecular flexibility index (Phi) is 12.1. The summed E-state index contributed by atoms with van der Waals surface area (Å²) in [6.07, 6.45) is 7.60. The summed E-state index contributed by atoms with van der Waals surface area (Å²) < 4.78 is 6.01. The van der Waals surface area contributed by atoms with Crippen molar-refractivity contribution in [1.29, 1.82) is 0 Å². The van der Waals surface area contributed by atoms with E-state index in [1.54, 1.807) is 0 Å². The molecule has 1 aliphatic carbocycles. The molecule has 1 saturated heterocycles. The van der Waals surface area contributed by atoms with Crippen molar-refractivity contribution in [3.63, 3.8) is 0 Å². The quantitative estimate of drug-likeness (QED) is 0.409. The van der Waals surface area contributed by atoms with Crippen molar-refractivity contribution in [2.24, 2.45) is 0 Å². The standard InChI is InChI=1S/C28H39ClN2O2.2ClH/c1-30(2)24-12-9-17-31(19-24)20-25(28(32)15-7-4-8-16-28)23-13-14-27(26(29)18-23)33-21-22-10-5-3-6-11-22;;/h3,5-6,10-11,13-14,18,24-25,32H,4,7-9,12,15-17,19-21H2,1-2H3;2*1H/t24-,25?;;/m1../s1. The topological polar surface area (TPSA) is 35.9 Å². The first-order valence-corrected chi connectivity index (χ1v) is 12.9. The fourth-order valence-electron chi connectivity index (χ4n) is 5.56. The van der Waals surface area contributed by atoms with Gasteiger partial charge in [-0.1, -0.05) is 67.3 Å². The molecule has 1 saturated carbocycles. The lowest BCUT2D eigenvalue weighted by Crippen LogP contribution is -2.50. The number of aliphatic hydroxyl groups is 1. The second kappa shape index (κ2) is 14.1. The minimum atomic E-state index is -0.668. The summed E-state index contributed by atoms with van der Waals surface area (Å²) in [5.41, 5.74) is 1.58. The van der Waals surface area contributed by atoms with Gasteiger partial charge in [0.1, 0.15) is 12.4 Å². The van der Waals surface area contributed by atoms with Crippen molar-refractivity contribution in [2.45, 2.75) is 69.1 Å². The highest BCUT2D eigenvalue weighted by Crippen LogP contribution is 2.42. The molecular formula is C28H41Cl3N2O2. The molecule has 0 bridgehead atoms. The Bertz CT molecular complexity index is 891. The summed E-state index contributed by atoms with van der Waals surface area (Å²) in [6, 6.07) is 16.9. The summed E-state index contributed by atoms with van der Waals surface area (Å²) in [7, 11) is 4.35. The van der Waals surface area contributed by atoms with E-state index < -0.39 is 5.60 Å². The minimum absolute atomic E-state index is 0. The fourth-order valence-corrected chi connectivity index (χ4v) is 5.80. The maximum absolute atomic E-state index is 11.8. The van der Waals surface area contributed by atoms with Gasteiger partial charge in [-0.2, -0.15) is 0 Å². The molecule has 1 unspecified atom stereocenters. The molecule has 2 atom stereocenters. The van der Waals surface area contributed by atoms with Gasteiger partial charge >= 0.3 is 0 Å². The highest BCUT2D eigenvalue weighted by Gasteiger charge is 2.40. The van der Waals surface area contributed by atoms with Crippen molar-refractivity contribution < 1.29 is 9.84 Å². The lowest BCUT2D eigenvalue weighted by atomic mass is 9.72. The summed E-state index contributed by atoms with van der Waals surface area (Å²) >= 11 is 6.70. The largest absolute Gasteiger partial charge is 0.487 e. The zero-order chi connectivity index (χ0) is 23.3. The number of ether oxygens (including phenoxy) is 1. The van der Waals surface area contributed by atoms with Crippen LogP contribution in [0.1, 0.15) is 62.0 Å². The van der Waals surface area contributed by atoms with Gasteiger partial charge in [-0.05, 0) is 69.6 Å². The van der Waals surface area contributed by atoms with Crippen molar-refractivity contribution >= 4 is 36.4 Å². The van der Waals surface area contributed by atoms with E-state index >= 15 is 0 Å². The van der Waals surface area contributed by atoms with Gasteiger partial charge in [-0.3, -0.25) is 0 Å². The minimum Gasteiger partial charge on any atom is -0.487 e. The normalized spacial score (nSPS) is 21.0. The number of rotatable bonds is 8.